The molecule has 0 saturated carbocycles. The molecule has 0 heterocycles. The molecule has 0 fully saturated rings. The number of phenols is 1. The minimum Gasteiger partial charge on any atom is -0.508 e. The van der Waals surface area contributed by atoms with E-state index in [1.807, 2.05) is 0 Å². The van der Waals surface area contributed by atoms with Crippen molar-refractivity contribution >= 4 is 11.6 Å². The quantitative estimate of drug-likeness (QED) is 0.603. The topological polar surface area (TPSA) is 41.5 Å². The van der Waals surface area contributed by atoms with Gasteiger partial charge in [0, 0.05) is 17.1 Å². The molecule has 3 nitrogen and oxygen atoms in total. The second-order valence-electron chi connectivity index (χ2n) is 3.80. The van der Waals surface area contributed by atoms with Gasteiger partial charge in [-0.25, -0.2) is 0 Å². The van der Waals surface area contributed by atoms with Crippen LogP contribution in [-0.4, -0.2) is 11.7 Å². The first kappa shape index (κ1) is 12.3. The first-order chi connectivity index (χ1) is 7.09. The van der Waals surface area contributed by atoms with Crippen LogP contribution in [0.1, 0.15) is 19.4 Å². The van der Waals surface area contributed by atoms with Crippen molar-refractivity contribution in [2.45, 2.75) is 20.4 Å². The van der Waals surface area contributed by atoms with Gasteiger partial charge in [-0.05, 0) is 24.1 Å². The third-order valence-corrected chi connectivity index (χ3v) is 2.06. The highest BCUT2D eigenvalue weighted by Crippen LogP contribution is 2.20. The van der Waals surface area contributed by atoms with Gasteiger partial charge in [0.2, 0.25) is 0 Å². The van der Waals surface area contributed by atoms with Crippen molar-refractivity contribution in [1.29, 1.82) is 0 Å². The fourth-order valence-corrected chi connectivity index (χ4v) is 1.24. The summed E-state index contributed by atoms with van der Waals surface area (Å²) in [7, 11) is 0. The molecule has 0 aliphatic rings. The first-order valence-corrected chi connectivity index (χ1v) is 5.29. The molecular formula is C11H16ClNO2. The molecule has 1 rings (SSSR count). The number of halogens is 1. The highest BCUT2D eigenvalue weighted by Gasteiger charge is 2.01. The molecule has 84 valence electrons. The molecule has 15 heavy (non-hydrogen) atoms. The molecule has 1 aromatic rings. The Morgan fingerprint density at radius 2 is 2.20 bits per heavy atom. The average Bonchev–Trinajstić information content (AvgIpc) is 2.17. The summed E-state index contributed by atoms with van der Waals surface area (Å²) in [4.78, 5) is 5.19. The third-order valence-electron chi connectivity index (χ3n) is 1.82. The van der Waals surface area contributed by atoms with Gasteiger partial charge in [0.15, 0.2) is 0 Å². The monoisotopic (exact) mass is 229 g/mol. The SMILES string of the molecule is CC(C)CONCc1cc(Cl)ccc1O. The van der Waals surface area contributed by atoms with E-state index in [4.69, 9.17) is 16.4 Å². The summed E-state index contributed by atoms with van der Waals surface area (Å²) in [6.07, 6.45) is 0. The lowest BCUT2D eigenvalue weighted by Crippen LogP contribution is -2.17. The fourth-order valence-electron chi connectivity index (χ4n) is 1.05. The van der Waals surface area contributed by atoms with Crippen molar-refractivity contribution in [3.63, 3.8) is 0 Å². The minimum atomic E-state index is 0.222. The van der Waals surface area contributed by atoms with Gasteiger partial charge in [-0.1, -0.05) is 25.4 Å². The average molecular weight is 230 g/mol. The van der Waals surface area contributed by atoms with E-state index in [0.717, 1.165) is 5.56 Å². The summed E-state index contributed by atoms with van der Waals surface area (Å²) in [5.74, 6) is 0.700. The van der Waals surface area contributed by atoms with E-state index in [-0.39, 0.29) is 5.75 Å². The van der Waals surface area contributed by atoms with Crippen LogP contribution >= 0.6 is 11.6 Å². The van der Waals surface area contributed by atoms with Crippen LogP contribution in [0.3, 0.4) is 0 Å². The number of phenolic OH excluding ortho intramolecular Hbond substituents is 1. The van der Waals surface area contributed by atoms with Gasteiger partial charge in [-0.2, -0.15) is 5.48 Å². The lowest BCUT2D eigenvalue weighted by molar-refractivity contribution is 0.0193. The third kappa shape index (κ3) is 4.51. The maximum Gasteiger partial charge on any atom is 0.120 e. The van der Waals surface area contributed by atoms with Gasteiger partial charge in [-0.3, -0.25) is 0 Å². The smallest absolute Gasteiger partial charge is 0.120 e. The van der Waals surface area contributed by atoms with E-state index in [2.05, 4.69) is 19.3 Å². The standard InChI is InChI=1S/C11H16ClNO2/c1-8(2)7-15-13-6-9-5-10(12)3-4-11(9)14/h3-5,8,13-14H,6-7H2,1-2H3. The molecule has 0 amide bonds. The number of aromatic hydroxyl groups is 1. The van der Waals surface area contributed by atoms with Gasteiger partial charge in [-0.15, -0.1) is 0 Å². The predicted molar refractivity (Wildman–Crippen MR) is 60.7 cm³/mol. The highest BCUT2D eigenvalue weighted by molar-refractivity contribution is 6.30. The van der Waals surface area contributed by atoms with Crippen molar-refractivity contribution < 1.29 is 9.94 Å². The number of hydrogen-bond donors (Lipinski definition) is 2. The molecule has 0 aliphatic heterocycles. The van der Waals surface area contributed by atoms with E-state index in [1.165, 1.54) is 0 Å². The summed E-state index contributed by atoms with van der Waals surface area (Å²) in [6, 6.07) is 4.93. The van der Waals surface area contributed by atoms with Crippen molar-refractivity contribution in [2.75, 3.05) is 6.61 Å². The van der Waals surface area contributed by atoms with Crippen LogP contribution < -0.4 is 5.48 Å². The van der Waals surface area contributed by atoms with Crippen molar-refractivity contribution in [1.82, 2.24) is 5.48 Å². The summed E-state index contributed by atoms with van der Waals surface area (Å²) >= 11 is 5.80. The Morgan fingerprint density at radius 3 is 2.87 bits per heavy atom. The van der Waals surface area contributed by atoms with E-state index in [1.54, 1.807) is 18.2 Å². The summed E-state index contributed by atoms with van der Waals surface area (Å²) in [5, 5.41) is 10.1. The Balaban J connectivity index is 2.40. The second-order valence-corrected chi connectivity index (χ2v) is 4.24. The number of hydrogen-bond acceptors (Lipinski definition) is 3. The van der Waals surface area contributed by atoms with Gasteiger partial charge in [0.1, 0.15) is 5.75 Å². The van der Waals surface area contributed by atoms with E-state index < -0.39 is 0 Å². The number of hydroxylamine groups is 1. The molecule has 0 radical (unpaired) electrons. The number of benzene rings is 1. The Hall–Kier alpha value is -0.770. The highest BCUT2D eigenvalue weighted by atomic mass is 35.5. The number of nitrogens with one attached hydrogen (secondary N) is 1. The first-order valence-electron chi connectivity index (χ1n) is 4.91. The molecule has 0 aliphatic carbocycles. The Bertz CT molecular complexity index is 315. The molecule has 0 unspecified atom stereocenters. The summed E-state index contributed by atoms with van der Waals surface area (Å²) in [5.41, 5.74) is 3.51. The zero-order valence-electron chi connectivity index (χ0n) is 8.96. The van der Waals surface area contributed by atoms with Crippen LogP contribution in [0.4, 0.5) is 0 Å². The van der Waals surface area contributed by atoms with Gasteiger partial charge in [0.25, 0.3) is 0 Å². The molecule has 0 spiro atoms. The molecule has 0 bridgehead atoms. The van der Waals surface area contributed by atoms with Crippen molar-refractivity contribution in [3.8, 4) is 5.75 Å². The van der Waals surface area contributed by atoms with Crippen LogP contribution in [-0.2, 0) is 11.4 Å². The van der Waals surface area contributed by atoms with Crippen LogP contribution in [0, 0.1) is 5.92 Å². The zero-order chi connectivity index (χ0) is 11.3. The molecule has 0 saturated heterocycles. The molecule has 1 aromatic carbocycles. The lowest BCUT2D eigenvalue weighted by Gasteiger charge is -2.09. The minimum absolute atomic E-state index is 0.222. The Kier molecular flexibility index (Phi) is 4.88. The van der Waals surface area contributed by atoms with Gasteiger partial charge >= 0.3 is 0 Å². The van der Waals surface area contributed by atoms with Crippen LogP contribution in [0.15, 0.2) is 18.2 Å². The molecule has 0 aromatic heterocycles. The zero-order valence-corrected chi connectivity index (χ0v) is 9.71. The number of rotatable bonds is 5. The lowest BCUT2D eigenvalue weighted by atomic mass is 10.2. The van der Waals surface area contributed by atoms with Crippen LogP contribution in [0.2, 0.25) is 5.02 Å². The molecule has 4 heteroatoms. The molecule has 2 N–H and O–H groups in total. The van der Waals surface area contributed by atoms with Crippen LogP contribution in [0.5, 0.6) is 5.75 Å². The Morgan fingerprint density at radius 1 is 1.47 bits per heavy atom. The maximum absolute atomic E-state index is 9.49. The predicted octanol–water partition coefficient (Wildman–Crippen LogP) is 2.72. The van der Waals surface area contributed by atoms with E-state index in [0.29, 0.717) is 24.1 Å². The largest absolute Gasteiger partial charge is 0.508 e. The van der Waals surface area contributed by atoms with Gasteiger partial charge in [0.05, 0.1) is 6.61 Å². The normalized spacial score (nSPS) is 10.9. The van der Waals surface area contributed by atoms with Crippen molar-refractivity contribution in [3.05, 3.63) is 28.8 Å². The summed E-state index contributed by atoms with van der Waals surface area (Å²) < 4.78 is 0. The second kappa shape index (κ2) is 5.95. The van der Waals surface area contributed by atoms with E-state index >= 15 is 0 Å². The molecular weight excluding hydrogens is 214 g/mol. The molecule has 0 atom stereocenters. The van der Waals surface area contributed by atoms with E-state index in [9.17, 15) is 5.11 Å². The van der Waals surface area contributed by atoms with Crippen LogP contribution in [0.25, 0.3) is 0 Å². The maximum atomic E-state index is 9.49. The van der Waals surface area contributed by atoms with Crippen molar-refractivity contribution in [2.24, 2.45) is 5.92 Å². The Labute approximate surface area is 95.0 Å². The van der Waals surface area contributed by atoms with Gasteiger partial charge < -0.3 is 9.94 Å². The summed E-state index contributed by atoms with van der Waals surface area (Å²) in [6.45, 7) is 5.22. The fraction of sp³-hybridized carbons (Fsp3) is 0.455.